The molecule has 0 bridgehead atoms. The first-order valence-electron chi connectivity index (χ1n) is 4.81. The van der Waals surface area contributed by atoms with Crippen LogP contribution in [0.4, 0.5) is 14.5 Å². The van der Waals surface area contributed by atoms with Gasteiger partial charge in [-0.25, -0.2) is 0 Å². The minimum Gasteiger partial charge on any atom is -0.435 e. The zero-order valence-corrected chi connectivity index (χ0v) is 8.84. The molecular formula is C10H7F2N3O3. The average molecular weight is 255 g/mol. The van der Waals surface area contributed by atoms with Gasteiger partial charge in [0, 0.05) is 5.56 Å². The molecule has 1 aromatic carbocycles. The second-order valence-corrected chi connectivity index (χ2v) is 3.29. The van der Waals surface area contributed by atoms with Gasteiger partial charge in [0.25, 0.3) is 0 Å². The third kappa shape index (κ3) is 2.42. The Morgan fingerprint density at radius 1 is 1.33 bits per heavy atom. The van der Waals surface area contributed by atoms with Gasteiger partial charge in [-0.1, -0.05) is 0 Å². The monoisotopic (exact) mass is 255 g/mol. The molecule has 0 aliphatic rings. The van der Waals surface area contributed by atoms with Crippen LogP contribution in [0.15, 0.2) is 30.5 Å². The number of alkyl halides is 2. The van der Waals surface area contributed by atoms with Crippen LogP contribution in [-0.2, 0) is 0 Å². The number of nitrogens with one attached hydrogen (secondary N) is 1. The van der Waals surface area contributed by atoms with E-state index >= 15 is 0 Å². The summed E-state index contributed by atoms with van der Waals surface area (Å²) in [6.07, 6.45) is 1.08. The number of hydrogen-bond donors (Lipinski definition) is 1. The Bertz CT molecular complexity index is 554. The maximum atomic E-state index is 11.9. The normalized spacial score (nSPS) is 10.6. The molecule has 1 heterocycles. The lowest BCUT2D eigenvalue weighted by Crippen LogP contribution is -2.01. The molecule has 0 atom stereocenters. The molecule has 0 radical (unpaired) electrons. The van der Waals surface area contributed by atoms with E-state index in [1.807, 2.05) is 0 Å². The summed E-state index contributed by atoms with van der Waals surface area (Å²) in [6, 6.07) is 5.45. The number of nitro groups is 1. The molecule has 1 aromatic heterocycles. The van der Waals surface area contributed by atoms with Gasteiger partial charge in [0.15, 0.2) is 0 Å². The van der Waals surface area contributed by atoms with Crippen LogP contribution >= 0.6 is 0 Å². The van der Waals surface area contributed by atoms with Crippen molar-refractivity contribution in [1.29, 1.82) is 0 Å². The number of hydrogen-bond acceptors (Lipinski definition) is 4. The smallest absolute Gasteiger partial charge is 0.387 e. The molecule has 0 amide bonds. The van der Waals surface area contributed by atoms with E-state index in [1.54, 1.807) is 0 Å². The van der Waals surface area contributed by atoms with Crippen LogP contribution in [0.5, 0.6) is 5.75 Å². The van der Waals surface area contributed by atoms with E-state index in [2.05, 4.69) is 14.9 Å². The minimum absolute atomic E-state index is 0.0177. The van der Waals surface area contributed by atoms with E-state index < -0.39 is 11.5 Å². The molecule has 0 aliphatic heterocycles. The van der Waals surface area contributed by atoms with Crippen molar-refractivity contribution in [2.24, 2.45) is 0 Å². The summed E-state index contributed by atoms with van der Waals surface area (Å²) in [5, 5.41) is 16.7. The Labute approximate surface area is 99.3 Å². The Balaban J connectivity index is 2.29. The van der Waals surface area contributed by atoms with Gasteiger partial charge in [-0.3, -0.25) is 15.2 Å². The fourth-order valence-electron chi connectivity index (χ4n) is 1.43. The molecule has 1 N–H and O–H groups in total. The average Bonchev–Trinajstić information content (AvgIpc) is 2.78. The van der Waals surface area contributed by atoms with Crippen molar-refractivity contribution in [2.75, 3.05) is 0 Å². The van der Waals surface area contributed by atoms with Crippen LogP contribution in [0.3, 0.4) is 0 Å². The van der Waals surface area contributed by atoms with Gasteiger partial charge in [-0.15, -0.1) is 0 Å². The fraction of sp³-hybridized carbons (Fsp3) is 0.100. The maximum absolute atomic E-state index is 11.9. The van der Waals surface area contributed by atoms with Crippen LogP contribution in [0.25, 0.3) is 11.3 Å². The summed E-state index contributed by atoms with van der Waals surface area (Å²) in [4.78, 5) is 10.1. The van der Waals surface area contributed by atoms with Crippen molar-refractivity contribution >= 4 is 5.69 Å². The standard InChI is InChI=1S/C10H7F2N3O3/c11-10(12)18-7-3-1-6(2-4-7)9-8(15(16)17)5-13-14-9/h1-5,10H,(H,13,14). The predicted octanol–water partition coefficient (Wildman–Crippen LogP) is 2.59. The summed E-state index contributed by atoms with van der Waals surface area (Å²) in [5.41, 5.74) is 0.488. The summed E-state index contributed by atoms with van der Waals surface area (Å²) in [6.45, 7) is -2.91. The van der Waals surface area contributed by atoms with Crippen molar-refractivity contribution in [1.82, 2.24) is 10.2 Å². The van der Waals surface area contributed by atoms with Gasteiger partial charge in [0.05, 0.1) is 4.92 Å². The zero-order chi connectivity index (χ0) is 13.1. The molecule has 0 saturated heterocycles. The van der Waals surface area contributed by atoms with Crippen molar-refractivity contribution in [3.63, 3.8) is 0 Å². The number of aromatic amines is 1. The SMILES string of the molecule is O=[N+]([O-])c1cn[nH]c1-c1ccc(OC(F)F)cc1. The van der Waals surface area contributed by atoms with Crippen LogP contribution in [0.1, 0.15) is 0 Å². The van der Waals surface area contributed by atoms with E-state index in [9.17, 15) is 18.9 Å². The van der Waals surface area contributed by atoms with Crippen LogP contribution in [-0.4, -0.2) is 21.7 Å². The molecule has 94 valence electrons. The summed E-state index contributed by atoms with van der Waals surface area (Å²) < 4.78 is 28.0. The van der Waals surface area contributed by atoms with E-state index in [0.29, 0.717) is 5.56 Å². The first-order chi connectivity index (χ1) is 8.58. The third-order valence-corrected chi connectivity index (χ3v) is 2.18. The van der Waals surface area contributed by atoms with Crippen LogP contribution in [0, 0.1) is 10.1 Å². The third-order valence-electron chi connectivity index (χ3n) is 2.18. The molecule has 8 heteroatoms. The second kappa shape index (κ2) is 4.78. The Morgan fingerprint density at radius 3 is 2.56 bits per heavy atom. The van der Waals surface area contributed by atoms with Crippen molar-refractivity contribution in [2.45, 2.75) is 6.61 Å². The topological polar surface area (TPSA) is 81.0 Å². The highest BCUT2D eigenvalue weighted by molar-refractivity contribution is 5.69. The van der Waals surface area contributed by atoms with Crippen molar-refractivity contribution in [3.05, 3.63) is 40.6 Å². The number of rotatable bonds is 4. The highest BCUT2D eigenvalue weighted by Gasteiger charge is 2.17. The summed E-state index contributed by atoms with van der Waals surface area (Å²) >= 11 is 0. The number of halogens is 2. The molecule has 0 unspecified atom stereocenters. The van der Waals surface area contributed by atoms with E-state index in [4.69, 9.17) is 0 Å². The maximum Gasteiger partial charge on any atom is 0.387 e. The van der Waals surface area contributed by atoms with Crippen LogP contribution in [0.2, 0.25) is 0 Å². The first kappa shape index (κ1) is 12.0. The van der Waals surface area contributed by atoms with E-state index in [1.165, 1.54) is 24.3 Å². The number of ether oxygens (including phenoxy) is 1. The van der Waals surface area contributed by atoms with Gasteiger partial charge >= 0.3 is 12.3 Å². The van der Waals surface area contributed by atoms with Crippen molar-refractivity contribution in [3.8, 4) is 17.0 Å². The molecule has 18 heavy (non-hydrogen) atoms. The molecular weight excluding hydrogens is 248 g/mol. The van der Waals surface area contributed by atoms with Gasteiger partial charge in [0.1, 0.15) is 17.6 Å². The van der Waals surface area contributed by atoms with Crippen LogP contribution < -0.4 is 4.74 Å². The molecule has 0 fully saturated rings. The minimum atomic E-state index is -2.91. The summed E-state index contributed by atoms with van der Waals surface area (Å²) in [5.74, 6) is -0.0177. The summed E-state index contributed by atoms with van der Waals surface area (Å²) in [7, 11) is 0. The lowest BCUT2D eigenvalue weighted by molar-refractivity contribution is -0.384. The first-order valence-corrected chi connectivity index (χ1v) is 4.81. The Hall–Kier alpha value is -2.51. The fourth-order valence-corrected chi connectivity index (χ4v) is 1.43. The highest BCUT2D eigenvalue weighted by Crippen LogP contribution is 2.28. The van der Waals surface area contributed by atoms with Gasteiger partial charge in [0.2, 0.25) is 0 Å². The van der Waals surface area contributed by atoms with E-state index in [-0.39, 0.29) is 17.1 Å². The number of nitrogens with zero attached hydrogens (tertiary/aromatic N) is 2. The van der Waals surface area contributed by atoms with Gasteiger partial charge in [-0.05, 0) is 24.3 Å². The van der Waals surface area contributed by atoms with Gasteiger partial charge < -0.3 is 4.74 Å². The highest BCUT2D eigenvalue weighted by atomic mass is 19.3. The molecule has 6 nitrogen and oxygen atoms in total. The lowest BCUT2D eigenvalue weighted by Gasteiger charge is -2.04. The number of H-pyrrole nitrogens is 1. The molecule has 2 aromatic rings. The largest absolute Gasteiger partial charge is 0.435 e. The Morgan fingerprint density at radius 2 is 2.00 bits per heavy atom. The number of aromatic nitrogens is 2. The Kier molecular flexibility index (Phi) is 3.18. The zero-order valence-electron chi connectivity index (χ0n) is 8.84. The molecule has 0 saturated carbocycles. The number of benzene rings is 1. The van der Waals surface area contributed by atoms with Gasteiger partial charge in [-0.2, -0.15) is 13.9 Å². The molecule has 2 rings (SSSR count). The molecule has 0 spiro atoms. The second-order valence-electron chi connectivity index (χ2n) is 3.29. The molecule has 0 aliphatic carbocycles. The lowest BCUT2D eigenvalue weighted by atomic mass is 10.1. The van der Waals surface area contributed by atoms with E-state index in [0.717, 1.165) is 6.20 Å². The predicted molar refractivity (Wildman–Crippen MR) is 57.3 cm³/mol. The van der Waals surface area contributed by atoms with Crippen molar-refractivity contribution < 1.29 is 18.4 Å². The quantitative estimate of drug-likeness (QED) is 0.672.